The molecule has 2 fully saturated rings. The Labute approximate surface area is 174 Å². The van der Waals surface area contributed by atoms with Crippen molar-refractivity contribution in [3.8, 4) is 5.75 Å². The zero-order valence-corrected chi connectivity index (χ0v) is 18.0. The van der Waals surface area contributed by atoms with Gasteiger partial charge in [0.05, 0.1) is 5.69 Å². The number of benzene rings is 1. The van der Waals surface area contributed by atoms with Crippen LogP contribution in [0.2, 0.25) is 0 Å². The van der Waals surface area contributed by atoms with Crippen LogP contribution in [0.1, 0.15) is 83.8 Å². The van der Waals surface area contributed by atoms with E-state index in [0.717, 1.165) is 44.9 Å². The van der Waals surface area contributed by atoms with E-state index in [-0.39, 0.29) is 12.1 Å². The maximum absolute atomic E-state index is 13.4. The molecule has 1 aliphatic heterocycles. The molecule has 0 radical (unpaired) electrons. The highest BCUT2D eigenvalue weighted by Crippen LogP contribution is 2.48. The lowest BCUT2D eigenvalue weighted by molar-refractivity contribution is -0.251. The van der Waals surface area contributed by atoms with Crippen molar-refractivity contribution in [3.05, 3.63) is 23.8 Å². The molecule has 1 aromatic carbocycles. The first-order valence-corrected chi connectivity index (χ1v) is 11.3. The Morgan fingerprint density at radius 3 is 2.69 bits per heavy atom. The Balaban J connectivity index is 1.60. The Kier molecular flexibility index (Phi) is 5.78. The molecule has 4 atom stereocenters. The van der Waals surface area contributed by atoms with Crippen LogP contribution in [0.5, 0.6) is 5.75 Å². The number of rotatable bonds is 3. The number of esters is 1. The number of nitrogens with two attached hydrogens (primary N) is 1. The summed E-state index contributed by atoms with van der Waals surface area (Å²) < 4.78 is 18.8. The van der Waals surface area contributed by atoms with Crippen molar-refractivity contribution >= 4 is 11.7 Å². The highest BCUT2D eigenvalue weighted by Gasteiger charge is 2.47. The van der Waals surface area contributed by atoms with Gasteiger partial charge in [0.15, 0.2) is 11.9 Å². The average Bonchev–Trinajstić information content (AvgIpc) is 2.69. The first kappa shape index (κ1) is 20.5. The number of hydrogen-bond acceptors (Lipinski definition) is 5. The van der Waals surface area contributed by atoms with Gasteiger partial charge < -0.3 is 19.9 Å². The summed E-state index contributed by atoms with van der Waals surface area (Å²) >= 11 is 0. The molecule has 2 saturated carbocycles. The molecule has 0 bridgehead atoms. The molecule has 2 aliphatic carbocycles. The van der Waals surface area contributed by atoms with E-state index >= 15 is 0 Å². The van der Waals surface area contributed by atoms with Gasteiger partial charge in [-0.2, -0.15) is 0 Å². The lowest BCUT2D eigenvalue weighted by Gasteiger charge is -2.44. The molecular weight excluding hydrogens is 366 g/mol. The maximum Gasteiger partial charge on any atom is 0.340 e. The minimum absolute atomic E-state index is 0.0514. The third-order valence-electron chi connectivity index (χ3n) is 7.04. The number of carbonyl (C=O) groups is 1. The van der Waals surface area contributed by atoms with Crippen molar-refractivity contribution < 1.29 is 19.0 Å². The molecule has 0 saturated heterocycles. The quantitative estimate of drug-likeness (QED) is 0.544. The minimum atomic E-state index is -0.773. The Morgan fingerprint density at radius 2 is 1.97 bits per heavy atom. The monoisotopic (exact) mass is 401 g/mol. The van der Waals surface area contributed by atoms with Crippen LogP contribution in [0.15, 0.2) is 18.2 Å². The first-order chi connectivity index (χ1) is 13.9. The summed E-state index contributed by atoms with van der Waals surface area (Å²) in [6, 6.07) is 5.54. The molecular formula is C24H35NO4. The van der Waals surface area contributed by atoms with Gasteiger partial charge >= 0.3 is 5.97 Å². The van der Waals surface area contributed by atoms with Crippen LogP contribution in [0.4, 0.5) is 5.69 Å². The summed E-state index contributed by atoms with van der Waals surface area (Å²) in [4.78, 5) is 13.4. The van der Waals surface area contributed by atoms with E-state index in [0.29, 0.717) is 34.8 Å². The van der Waals surface area contributed by atoms with Crippen LogP contribution in [0.25, 0.3) is 0 Å². The fourth-order valence-electron chi connectivity index (χ4n) is 5.33. The zero-order chi connectivity index (χ0) is 20.6. The van der Waals surface area contributed by atoms with Crippen LogP contribution in [-0.2, 0) is 14.3 Å². The third-order valence-corrected chi connectivity index (χ3v) is 7.04. The predicted octanol–water partition coefficient (Wildman–Crippen LogP) is 5.38. The number of carbonyl (C=O) groups excluding carboxylic acids is 1. The molecule has 1 unspecified atom stereocenters. The normalized spacial score (nSPS) is 31.2. The van der Waals surface area contributed by atoms with E-state index in [1.54, 1.807) is 0 Å². The fourth-order valence-corrected chi connectivity index (χ4v) is 5.33. The summed E-state index contributed by atoms with van der Waals surface area (Å²) in [7, 11) is 0. The van der Waals surface area contributed by atoms with Crippen LogP contribution >= 0.6 is 0 Å². The van der Waals surface area contributed by atoms with Crippen LogP contribution in [0.3, 0.4) is 0 Å². The van der Waals surface area contributed by atoms with E-state index in [2.05, 4.69) is 20.8 Å². The molecule has 4 rings (SSSR count). The summed E-state index contributed by atoms with van der Waals surface area (Å²) in [6.07, 6.45) is 7.18. The highest BCUT2D eigenvalue weighted by molar-refractivity contribution is 5.79. The molecule has 0 amide bonds. The standard InChI is InChI=1S/C24H35NO4/c1-15(2)17-11-10-16(3)14-20(17)27-23(26)22-18-8-7-9-19(25)21(18)28-24(29-22)12-5-4-6-13-24/h7-9,15-17,20,22H,4-6,10-14,25H2,1-3H3/t16?,17-,20+,22-/m0/s1. The van der Waals surface area contributed by atoms with Gasteiger partial charge in [0, 0.05) is 18.4 Å². The minimum Gasteiger partial charge on any atom is -0.460 e. The SMILES string of the molecule is CC1CC[C@@H](C(C)C)[C@H](OC(=O)[C@H]2OC3(CCCCC3)Oc3c(N)cccc32)C1. The van der Waals surface area contributed by atoms with Crippen LogP contribution < -0.4 is 10.5 Å². The van der Waals surface area contributed by atoms with E-state index in [1.807, 2.05) is 18.2 Å². The van der Waals surface area contributed by atoms with Crippen molar-refractivity contribution in [1.82, 2.24) is 0 Å². The number of nitrogen functional groups attached to an aromatic ring is 1. The molecule has 1 spiro atoms. The van der Waals surface area contributed by atoms with Gasteiger partial charge in [0.25, 0.3) is 0 Å². The second kappa shape index (κ2) is 8.17. The largest absolute Gasteiger partial charge is 0.460 e. The number of anilines is 1. The first-order valence-electron chi connectivity index (χ1n) is 11.3. The van der Waals surface area contributed by atoms with Crippen LogP contribution in [-0.4, -0.2) is 17.9 Å². The van der Waals surface area contributed by atoms with Gasteiger partial charge in [-0.3, -0.25) is 0 Å². The van der Waals surface area contributed by atoms with Crippen molar-refractivity contribution in [2.45, 2.75) is 90.1 Å². The van der Waals surface area contributed by atoms with Gasteiger partial charge in [0.1, 0.15) is 6.10 Å². The van der Waals surface area contributed by atoms with Gasteiger partial charge in [0.2, 0.25) is 5.79 Å². The van der Waals surface area contributed by atoms with Gasteiger partial charge in [-0.05, 0) is 49.5 Å². The predicted molar refractivity (Wildman–Crippen MR) is 112 cm³/mol. The van der Waals surface area contributed by atoms with Gasteiger partial charge in [-0.15, -0.1) is 0 Å². The maximum atomic E-state index is 13.4. The second-order valence-corrected chi connectivity index (χ2v) is 9.64. The smallest absolute Gasteiger partial charge is 0.340 e. The second-order valence-electron chi connectivity index (χ2n) is 9.64. The number of ether oxygens (including phenoxy) is 3. The number of para-hydroxylation sites is 1. The molecule has 0 aromatic heterocycles. The van der Waals surface area contributed by atoms with Crippen molar-refractivity contribution in [2.24, 2.45) is 17.8 Å². The van der Waals surface area contributed by atoms with E-state index in [4.69, 9.17) is 19.9 Å². The summed E-state index contributed by atoms with van der Waals surface area (Å²) in [5.41, 5.74) is 7.47. The topological polar surface area (TPSA) is 70.8 Å². The molecule has 1 aromatic rings. The molecule has 5 heteroatoms. The summed E-state index contributed by atoms with van der Waals surface area (Å²) in [5, 5.41) is 0. The van der Waals surface area contributed by atoms with Crippen LogP contribution in [0, 0.1) is 17.8 Å². The van der Waals surface area contributed by atoms with Gasteiger partial charge in [-0.1, -0.05) is 45.7 Å². The molecule has 3 aliphatic rings. The Hall–Kier alpha value is -1.75. The van der Waals surface area contributed by atoms with Crippen molar-refractivity contribution in [2.75, 3.05) is 5.73 Å². The molecule has 2 N–H and O–H groups in total. The average molecular weight is 402 g/mol. The lowest BCUT2D eigenvalue weighted by atomic mass is 9.75. The third kappa shape index (κ3) is 4.11. The number of fused-ring (bicyclic) bond motifs is 1. The lowest BCUT2D eigenvalue weighted by Crippen LogP contribution is -2.48. The number of hydrogen-bond donors (Lipinski definition) is 1. The van der Waals surface area contributed by atoms with Crippen molar-refractivity contribution in [1.29, 1.82) is 0 Å². The van der Waals surface area contributed by atoms with E-state index in [1.165, 1.54) is 6.42 Å². The molecule has 29 heavy (non-hydrogen) atoms. The Bertz CT molecular complexity index is 740. The van der Waals surface area contributed by atoms with E-state index in [9.17, 15) is 4.79 Å². The molecule has 1 heterocycles. The molecule has 160 valence electrons. The zero-order valence-electron chi connectivity index (χ0n) is 18.0. The summed E-state index contributed by atoms with van der Waals surface area (Å²) in [6.45, 7) is 6.69. The Morgan fingerprint density at radius 1 is 1.21 bits per heavy atom. The fraction of sp³-hybridized carbons (Fsp3) is 0.708. The van der Waals surface area contributed by atoms with Gasteiger partial charge in [-0.25, -0.2) is 4.79 Å². The summed E-state index contributed by atoms with van der Waals surface area (Å²) in [5.74, 6) is 1.00. The van der Waals surface area contributed by atoms with Crippen molar-refractivity contribution in [3.63, 3.8) is 0 Å². The molecule has 5 nitrogen and oxygen atoms in total. The van der Waals surface area contributed by atoms with E-state index < -0.39 is 11.9 Å². The highest BCUT2D eigenvalue weighted by atomic mass is 16.7.